The summed E-state index contributed by atoms with van der Waals surface area (Å²) in [7, 11) is 0. The summed E-state index contributed by atoms with van der Waals surface area (Å²) >= 11 is 1.80. The molecule has 74 valence electrons. The Morgan fingerprint density at radius 1 is 1.36 bits per heavy atom. The van der Waals surface area contributed by atoms with Gasteiger partial charge in [0.25, 0.3) is 0 Å². The Labute approximate surface area is 88.8 Å². The molecule has 2 rings (SSSR count). The third-order valence-electron chi connectivity index (χ3n) is 2.23. The molecule has 0 aromatic heterocycles. The fourth-order valence-corrected chi connectivity index (χ4v) is 2.25. The van der Waals surface area contributed by atoms with E-state index in [9.17, 15) is 0 Å². The quantitative estimate of drug-likeness (QED) is 0.803. The highest BCUT2D eigenvalue weighted by atomic mass is 32.2. The zero-order valence-electron chi connectivity index (χ0n) is 8.23. The minimum Gasteiger partial charge on any atom is -0.358 e. The summed E-state index contributed by atoms with van der Waals surface area (Å²) in [6, 6.07) is 10.8. The van der Waals surface area contributed by atoms with Gasteiger partial charge in [-0.2, -0.15) is 0 Å². The fourth-order valence-electron chi connectivity index (χ4n) is 1.43. The van der Waals surface area contributed by atoms with Crippen molar-refractivity contribution in [1.29, 1.82) is 0 Å². The molecule has 2 nitrogen and oxygen atoms in total. The van der Waals surface area contributed by atoms with Gasteiger partial charge in [-0.3, -0.25) is 4.99 Å². The average Bonchev–Trinajstić information content (AvgIpc) is 2.72. The Bertz CT molecular complexity index is 321. The molecule has 14 heavy (non-hydrogen) atoms. The van der Waals surface area contributed by atoms with Gasteiger partial charge < -0.3 is 5.32 Å². The zero-order chi connectivity index (χ0) is 9.80. The van der Waals surface area contributed by atoms with Gasteiger partial charge in [-0.25, -0.2) is 0 Å². The van der Waals surface area contributed by atoms with E-state index in [4.69, 9.17) is 0 Å². The minimum atomic E-state index is 0.348. The van der Waals surface area contributed by atoms with Crippen LogP contribution in [0.15, 0.2) is 35.3 Å². The first-order chi connectivity index (χ1) is 6.86. The highest BCUT2D eigenvalue weighted by molar-refractivity contribution is 8.14. The molecular weight excluding hydrogens is 192 g/mol. The molecule has 0 radical (unpaired) electrons. The largest absolute Gasteiger partial charge is 0.358 e. The van der Waals surface area contributed by atoms with E-state index in [1.54, 1.807) is 11.8 Å². The van der Waals surface area contributed by atoms with E-state index in [1.165, 1.54) is 5.56 Å². The van der Waals surface area contributed by atoms with Crippen molar-refractivity contribution in [3.63, 3.8) is 0 Å². The standard InChI is InChI=1S/C11H14N2S/c1-9(10-5-3-2-4-6-10)13-11-12-7-8-14-11/h2-6,9H,7-8H2,1H3,(H,12,13)/t9-/m0/s1. The second-order valence-corrected chi connectivity index (χ2v) is 4.40. The van der Waals surface area contributed by atoms with Crippen LogP contribution in [0.2, 0.25) is 0 Å². The molecule has 0 aliphatic carbocycles. The van der Waals surface area contributed by atoms with Crippen LogP contribution in [0, 0.1) is 0 Å². The van der Waals surface area contributed by atoms with E-state index in [1.807, 2.05) is 6.07 Å². The van der Waals surface area contributed by atoms with Gasteiger partial charge in [0, 0.05) is 5.75 Å². The van der Waals surface area contributed by atoms with Crippen molar-refractivity contribution in [1.82, 2.24) is 5.32 Å². The van der Waals surface area contributed by atoms with Gasteiger partial charge in [0.15, 0.2) is 5.17 Å². The maximum absolute atomic E-state index is 4.37. The van der Waals surface area contributed by atoms with Crippen molar-refractivity contribution in [3.8, 4) is 0 Å². The van der Waals surface area contributed by atoms with E-state index in [-0.39, 0.29) is 0 Å². The molecule has 1 aromatic carbocycles. The lowest BCUT2D eigenvalue weighted by atomic mass is 10.1. The van der Waals surface area contributed by atoms with Crippen LogP contribution in [0.25, 0.3) is 0 Å². The number of thioether (sulfide) groups is 1. The van der Waals surface area contributed by atoms with Gasteiger partial charge in [0.05, 0.1) is 12.6 Å². The maximum Gasteiger partial charge on any atom is 0.157 e. The van der Waals surface area contributed by atoms with Crippen molar-refractivity contribution < 1.29 is 0 Å². The lowest BCUT2D eigenvalue weighted by molar-refractivity contribution is 0.723. The molecule has 0 saturated carbocycles. The van der Waals surface area contributed by atoms with E-state index >= 15 is 0 Å². The molecule has 1 atom stereocenters. The number of benzene rings is 1. The Morgan fingerprint density at radius 2 is 2.14 bits per heavy atom. The monoisotopic (exact) mass is 206 g/mol. The summed E-state index contributed by atoms with van der Waals surface area (Å²) in [5, 5.41) is 4.49. The summed E-state index contributed by atoms with van der Waals surface area (Å²) < 4.78 is 0. The first kappa shape index (κ1) is 9.59. The normalized spacial score (nSPS) is 17.6. The smallest absolute Gasteiger partial charge is 0.157 e. The summed E-state index contributed by atoms with van der Waals surface area (Å²) in [6.07, 6.45) is 0. The minimum absolute atomic E-state index is 0.348. The molecule has 1 aliphatic heterocycles. The molecular formula is C11H14N2S. The van der Waals surface area contributed by atoms with E-state index in [0.717, 1.165) is 17.5 Å². The van der Waals surface area contributed by atoms with Crippen LogP contribution in [0.1, 0.15) is 18.5 Å². The molecule has 0 bridgehead atoms. The molecule has 0 fully saturated rings. The first-order valence-corrected chi connectivity index (χ1v) is 5.83. The maximum atomic E-state index is 4.37. The summed E-state index contributed by atoms with van der Waals surface area (Å²) in [6.45, 7) is 3.12. The van der Waals surface area contributed by atoms with Crippen LogP contribution in [0.4, 0.5) is 0 Å². The van der Waals surface area contributed by atoms with E-state index < -0.39 is 0 Å². The molecule has 1 N–H and O–H groups in total. The highest BCUT2D eigenvalue weighted by Crippen LogP contribution is 2.16. The molecule has 0 saturated heterocycles. The van der Waals surface area contributed by atoms with Crippen molar-refractivity contribution in [2.24, 2.45) is 4.99 Å². The molecule has 1 aromatic rings. The van der Waals surface area contributed by atoms with Gasteiger partial charge in [-0.15, -0.1) is 0 Å². The van der Waals surface area contributed by atoms with Gasteiger partial charge in [0.2, 0.25) is 0 Å². The average molecular weight is 206 g/mol. The van der Waals surface area contributed by atoms with Crippen LogP contribution in [0.5, 0.6) is 0 Å². The van der Waals surface area contributed by atoms with E-state index in [2.05, 4.69) is 41.5 Å². The lowest BCUT2D eigenvalue weighted by Crippen LogP contribution is -2.22. The first-order valence-electron chi connectivity index (χ1n) is 4.85. The third kappa shape index (κ3) is 2.29. The van der Waals surface area contributed by atoms with Gasteiger partial charge in [-0.05, 0) is 12.5 Å². The number of aliphatic imine (C=N–C) groups is 1. The van der Waals surface area contributed by atoms with Crippen molar-refractivity contribution in [3.05, 3.63) is 35.9 Å². The highest BCUT2D eigenvalue weighted by Gasteiger charge is 2.10. The van der Waals surface area contributed by atoms with Gasteiger partial charge in [-0.1, -0.05) is 42.1 Å². The van der Waals surface area contributed by atoms with Crippen LogP contribution < -0.4 is 5.32 Å². The Balaban J connectivity index is 1.99. The molecule has 1 aliphatic rings. The molecule has 1 heterocycles. The number of nitrogens with one attached hydrogen (secondary N) is 1. The summed E-state index contributed by atoms with van der Waals surface area (Å²) in [5.41, 5.74) is 1.31. The number of hydrogen-bond acceptors (Lipinski definition) is 3. The van der Waals surface area contributed by atoms with Gasteiger partial charge in [0.1, 0.15) is 0 Å². The number of amidine groups is 1. The van der Waals surface area contributed by atoms with Crippen LogP contribution in [-0.2, 0) is 0 Å². The number of nitrogens with zero attached hydrogens (tertiary/aromatic N) is 1. The molecule has 3 heteroatoms. The van der Waals surface area contributed by atoms with Crippen LogP contribution in [-0.4, -0.2) is 17.5 Å². The Hall–Kier alpha value is -0.960. The molecule has 0 amide bonds. The van der Waals surface area contributed by atoms with Gasteiger partial charge >= 0.3 is 0 Å². The Morgan fingerprint density at radius 3 is 2.79 bits per heavy atom. The number of hydrogen-bond donors (Lipinski definition) is 1. The van der Waals surface area contributed by atoms with Crippen LogP contribution in [0.3, 0.4) is 0 Å². The van der Waals surface area contributed by atoms with E-state index in [0.29, 0.717) is 6.04 Å². The van der Waals surface area contributed by atoms with Crippen molar-refractivity contribution in [2.75, 3.05) is 12.3 Å². The van der Waals surface area contributed by atoms with Crippen LogP contribution >= 0.6 is 11.8 Å². The predicted octanol–water partition coefficient (Wildman–Crippen LogP) is 2.44. The predicted molar refractivity (Wildman–Crippen MR) is 62.8 cm³/mol. The topological polar surface area (TPSA) is 24.4 Å². The third-order valence-corrected chi connectivity index (χ3v) is 3.13. The summed E-state index contributed by atoms with van der Waals surface area (Å²) in [5.74, 6) is 1.11. The second kappa shape index (κ2) is 4.51. The molecule has 0 unspecified atom stereocenters. The summed E-state index contributed by atoms with van der Waals surface area (Å²) in [4.78, 5) is 4.37. The molecule has 0 spiro atoms. The second-order valence-electron chi connectivity index (χ2n) is 3.31. The zero-order valence-corrected chi connectivity index (χ0v) is 9.05. The Kier molecular flexibility index (Phi) is 3.09. The lowest BCUT2D eigenvalue weighted by Gasteiger charge is -2.14. The van der Waals surface area contributed by atoms with Crippen molar-refractivity contribution in [2.45, 2.75) is 13.0 Å². The SMILES string of the molecule is C[C@H](NC1=NCCS1)c1ccccc1. The van der Waals surface area contributed by atoms with Crippen molar-refractivity contribution >= 4 is 16.9 Å². The fraction of sp³-hybridized carbons (Fsp3) is 0.364. The number of rotatable bonds is 2.